The number of nitrogens with zero attached hydrogens (tertiary/aromatic N) is 2. The third-order valence-electron chi connectivity index (χ3n) is 7.90. The molecule has 11 nitrogen and oxygen atoms in total. The Morgan fingerprint density at radius 3 is 2.45 bits per heavy atom. The summed E-state index contributed by atoms with van der Waals surface area (Å²) in [6.07, 6.45) is 6.36. The van der Waals surface area contributed by atoms with Gasteiger partial charge in [-0.05, 0) is 49.1 Å². The van der Waals surface area contributed by atoms with Gasteiger partial charge in [-0.3, -0.25) is 14.4 Å². The number of para-hydroxylation sites is 1. The molecule has 4 atom stereocenters. The zero-order valence-corrected chi connectivity index (χ0v) is 23.3. The van der Waals surface area contributed by atoms with Gasteiger partial charge in [0.1, 0.15) is 11.3 Å². The Morgan fingerprint density at radius 2 is 1.76 bits per heavy atom. The van der Waals surface area contributed by atoms with Crippen molar-refractivity contribution in [3.63, 3.8) is 0 Å². The van der Waals surface area contributed by atoms with Gasteiger partial charge in [-0.15, -0.1) is 11.3 Å². The zero-order chi connectivity index (χ0) is 29.6. The number of benzene rings is 2. The molecule has 8 N–H and O–H groups in total. The van der Waals surface area contributed by atoms with Crippen molar-refractivity contribution in [2.24, 2.45) is 11.5 Å². The molecule has 12 heteroatoms. The maximum Gasteiger partial charge on any atom is 0.321 e. The lowest BCUT2D eigenvalue weighted by Gasteiger charge is -2.36. The number of hydrogen-bond acceptors (Lipinski definition) is 10. The van der Waals surface area contributed by atoms with Gasteiger partial charge in [0.15, 0.2) is 5.78 Å². The van der Waals surface area contributed by atoms with Crippen molar-refractivity contribution in [2.45, 2.75) is 42.9 Å². The van der Waals surface area contributed by atoms with Gasteiger partial charge in [-0.2, -0.15) is 0 Å². The third-order valence-corrected chi connectivity index (χ3v) is 9.15. The Balaban J connectivity index is 1.37. The minimum Gasteiger partial charge on any atom is -0.424 e. The molecule has 6 rings (SSSR count). The molecule has 0 spiro atoms. The minimum atomic E-state index is -1.69. The number of ether oxygens (including phenoxy) is 1. The lowest BCUT2D eigenvalue weighted by molar-refractivity contribution is -0.124. The van der Waals surface area contributed by atoms with Crippen LogP contribution in [0.15, 0.2) is 67.5 Å². The summed E-state index contributed by atoms with van der Waals surface area (Å²) in [4.78, 5) is 48.4. The number of rotatable bonds is 7. The van der Waals surface area contributed by atoms with Gasteiger partial charge in [0.05, 0.1) is 15.6 Å². The molecule has 42 heavy (non-hydrogen) atoms. The second-order valence-electron chi connectivity index (χ2n) is 10.4. The second kappa shape index (κ2) is 10.6. The van der Waals surface area contributed by atoms with Crippen LogP contribution in [-0.4, -0.2) is 39.6 Å². The van der Waals surface area contributed by atoms with E-state index in [4.69, 9.17) is 21.9 Å². The molecule has 0 aliphatic heterocycles. The number of aromatic nitrogens is 2. The molecule has 1 fully saturated rings. The zero-order valence-electron chi connectivity index (χ0n) is 22.5. The molecule has 2 aromatic heterocycles. The fraction of sp³-hybridized carbons (Fsp3) is 0.233. The number of nitrogen functional groups attached to an aromatic ring is 1. The number of amides is 2. The van der Waals surface area contributed by atoms with Gasteiger partial charge in [0.2, 0.25) is 5.91 Å². The Morgan fingerprint density at radius 1 is 1.07 bits per heavy atom. The molecule has 2 heterocycles. The van der Waals surface area contributed by atoms with Crippen molar-refractivity contribution < 1.29 is 19.1 Å². The van der Waals surface area contributed by atoms with Crippen LogP contribution in [0.1, 0.15) is 51.7 Å². The van der Waals surface area contributed by atoms with Gasteiger partial charge >= 0.3 is 6.01 Å². The maximum atomic E-state index is 14.0. The first-order valence-corrected chi connectivity index (χ1v) is 14.3. The first kappa shape index (κ1) is 27.5. The summed E-state index contributed by atoms with van der Waals surface area (Å²) in [5.74, 6) is -0.638. The van der Waals surface area contributed by atoms with E-state index in [0.717, 1.165) is 12.8 Å². The van der Waals surface area contributed by atoms with Crippen LogP contribution >= 0.6 is 11.3 Å². The highest BCUT2D eigenvalue weighted by Gasteiger charge is 2.49. The second-order valence-corrected chi connectivity index (χ2v) is 11.4. The van der Waals surface area contributed by atoms with Crippen molar-refractivity contribution in [1.29, 1.82) is 0 Å². The summed E-state index contributed by atoms with van der Waals surface area (Å²) in [5, 5.41) is 6.49. The summed E-state index contributed by atoms with van der Waals surface area (Å²) in [6, 6.07) is 10.8. The Labute approximate surface area is 245 Å². The number of carbonyl (C=O) groups is 3. The van der Waals surface area contributed by atoms with E-state index in [1.165, 1.54) is 29.8 Å². The van der Waals surface area contributed by atoms with E-state index < -0.39 is 17.4 Å². The first-order valence-electron chi connectivity index (χ1n) is 13.5. The smallest absolute Gasteiger partial charge is 0.321 e. The van der Waals surface area contributed by atoms with E-state index in [1.54, 1.807) is 24.3 Å². The van der Waals surface area contributed by atoms with E-state index in [1.807, 2.05) is 18.2 Å². The summed E-state index contributed by atoms with van der Waals surface area (Å²) < 4.78 is 6.30. The SMILES string of the molecule is C=CC(=O)N[C@@H]1CCC[C@H]1NC(=O)c1sc2c(N)ccc3c2c1C(N)C(=O)C3(N)c1cnc(Oc2ccccc2)nc1. The number of ketones is 1. The van der Waals surface area contributed by atoms with Gasteiger partial charge in [0, 0.05) is 46.7 Å². The van der Waals surface area contributed by atoms with E-state index in [2.05, 4.69) is 27.2 Å². The summed E-state index contributed by atoms with van der Waals surface area (Å²) in [6.45, 7) is 3.50. The van der Waals surface area contributed by atoms with Crippen molar-refractivity contribution in [2.75, 3.05) is 5.73 Å². The van der Waals surface area contributed by atoms with Crippen LogP contribution in [0.4, 0.5) is 5.69 Å². The molecule has 2 unspecified atom stereocenters. The lowest BCUT2D eigenvalue weighted by atomic mass is 9.71. The highest BCUT2D eigenvalue weighted by atomic mass is 32.1. The molecule has 2 aromatic carbocycles. The molecule has 4 aromatic rings. The van der Waals surface area contributed by atoms with Crippen LogP contribution in [0.2, 0.25) is 0 Å². The molecule has 214 valence electrons. The van der Waals surface area contributed by atoms with E-state index in [9.17, 15) is 14.4 Å². The molecule has 0 radical (unpaired) electrons. The monoisotopic (exact) mass is 583 g/mol. The number of carbonyl (C=O) groups excluding carboxylic acids is 3. The number of Topliss-reactive ketones (excluding diaryl/α,β-unsaturated/α-hetero) is 1. The van der Waals surface area contributed by atoms with Crippen molar-refractivity contribution in [1.82, 2.24) is 20.6 Å². The molecular formula is C30H29N7O4S. The molecule has 2 aliphatic rings. The standard InChI is InChI=1S/C30H29N7O4S/c1-2-21(38)36-19-9-6-10-20(19)37-28(40)26-23-22-17(11-12-18(31)25(22)42-26)30(33,27(39)24(23)32)15-13-34-29(35-14-15)41-16-7-4-3-5-8-16/h2-5,7-8,11-14,19-20,24H,1,6,9-10,31-33H2,(H,36,38)(H,37,40)/t19-,20-,24?,30?/m1/s1. The normalized spacial score (nSPS) is 23.0. The van der Waals surface area contributed by atoms with E-state index >= 15 is 0 Å². The third kappa shape index (κ3) is 4.49. The average Bonchev–Trinajstić information content (AvgIpc) is 3.61. The largest absolute Gasteiger partial charge is 0.424 e. The Bertz CT molecular complexity index is 1720. The predicted octanol–water partition coefficient (Wildman–Crippen LogP) is 2.80. The fourth-order valence-corrected chi connectivity index (χ4v) is 7.00. The average molecular weight is 584 g/mol. The number of anilines is 1. The number of nitrogens with one attached hydrogen (secondary N) is 2. The number of nitrogens with two attached hydrogens (primary N) is 3. The molecular weight excluding hydrogens is 554 g/mol. The van der Waals surface area contributed by atoms with Gasteiger partial charge < -0.3 is 32.6 Å². The predicted molar refractivity (Wildman–Crippen MR) is 159 cm³/mol. The van der Waals surface area contributed by atoms with Crippen LogP contribution in [0.5, 0.6) is 11.8 Å². The summed E-state index contributed by atoms with van der Waals surface area (Å²) in [7, 11) is 0. The van der Waals surface area contributed by atoms with Gasteiger partial charge in [-0.1, -0.05) is 30.8 Å². The topological polar surface area (TPSA) is 188 Å². The van der Waals surface area contributed by atoms with Crippen molar-refractivity contribution in [3.8, 4) is 11.8 Å². The Kier molecular flexibility index (Phi) is 6.97. The Hall–Kier alpha value is -4.65. The van der Waals surface area contributed by atoms with Crippen LogP contribution < -0.4 is 32.6 Å². The highest BCUT2D eigenvalue weighted by Crippen LogP contribution is 2.49. The maximum absolute atomic E-state index is 14.0. The first-order chi connectivity index (χ1) is 20.2. The van der Waals surface area contributed by atoms with Crippen LogP contribution in [0, 0.1) is 0 Å². The van der Waals surface area contributed by atoms with Gasteiger partial charge in [-0.25, -0.2) is 9.97 Å². The highest BCUT2D eigenvalue weighted by molar-refractivity contribution is 7.21. The van der Waals surface area contributed by atoms with E-state index in [-0.39, 0.29) is 34.8 Å². The minimum absolute atomic E-state index is 0.0910. The van der Waals surface area contributed by atoms with E-state index in [0.29, 0.717) is 44.6 Å². The fourth-order valence-electron chi connectivity index (χ4n) is 5.80. The molecule has 0 saturated heterocycles. The van der Waals surface area contributed by atoms with Gasteiger partial charge in [0.25, 0.3) is 5.91 Å². The molecule has 0 bridgehead atoms. The summed E-state index contributed by atoms with van der Waals surface area (Å²) in [5.41, 5.74) is 19.7. The molecule has 2 aliphatic carbocycles. The van der Waals surface area contributed by atoms with Crippen LogP contribution in [0.3, 0.4) is 0 Å². The lowest BCUT2D eigenvalue weighted by Crippen LogP contribution is -2.53. The van der Waals surface area contributed by atoms with Crippen molar-refractivity contribution >= 4 is 44.7 Å². The number of hydrogen-bond donors (Lipinski definition) is 5. The molecule has 1 saturated carbocycles. The van der Waals surface area contributed by atoms with Crippen molar-refractivity contribution in [3.05, 3.63) is 89.1 Å². The molecule has 2 amide bonds. The summed E-state index contributed by atoms with van der Waals surface area (Å²) >= 11 is 1.17. The number of thiophene rings is 1. The quantitative estimate of drug-likeness (QED) is 0.161. The van der Waals surface area contributed by atoms with Crippen LogP contribution in [-0.2, 0) is 15.1 Å². The van der Waals surface area contributed by atoms with Crippen LogP contribution in [0.25, 0.3) is 10.1 Å².